The number of hydrogen-bond acceptors (Lipinski definition) is 8. The number of nitrogens with zero attached hydrogens (tertiary/aromatic N) is 1. The quantitative estimate of drug-likeness (QED) is 0.0369. The topological polar surface area (TPSA) is 85.6 Å². The first-order valence-corrected chi connectivity index (χ1v) is 20.4. The lowest BCUT2D eigenvalue weighted by Gasteiger charge is -2.20. The van der Waals surface area contributed by atoms with Crippen LogP contribution in [0.15, 0.2) is 92.2 Å². The summed E-state index contributed by atoms with van der Waals surface area (Å²) in [4.78, 5) is 13.6. The lowest BCUT2D eigenvalue weighted by Crippen LogP contribution is -3.00. The standard InChI is InChI=1S/C49H54NO8.BrH/c1-6-13-33-15-18-43(54-23-8-3)38(26-33)34-16-19-42(36(27-34)14-7-2)55-24-11-9-10-12-25-56-47(51)30-40-37-17-20-44(52-4)49(53-5)41(37)31-50-22-21-35-28-45-46(58-32-57-45)29-39(35)48(40)50;/h6-7,15-20,26-29,31H,1-2,8-14,21-25,30,32H2,3-5H3;1H/q+1;/p-1. The van der Waals surface area contributed by atoms with Gasteiger partial charge in [-0.15, -0.1) is 13.2 Å². The number of ether oxygens (including phenoxy) is 7. The monoisotopic (exact) mass is 863 g/mol. The van der Waals surface area contributed by atoms with Gasteiger partial charge in [-0.25, -0.2) is 0 Å². The van der Waals surface area contributed by atoms with Crippen LogP contribution >= 0.6 is 0 Å². The van der Waals surface area contributed by atoms with E-state index in [9.17, 15) is 4.79 Å². The van der Waals surface area contributed by atoms with E-state index in [1.165, 1.54) is 5.56 Å². The maximum absolute atomic E-state index is 13.6. The number of allylic oxidation sites excluding steroid dienone is 2. The van der Waals surface area contributed by atoms with Crippen LogP contribution in [0.3, 0.4) is 0 Å². The lowest BCUT2D eigenvalue weighted by atomic mass is 9.90. The molecule has 0 saturated carbocycles. The number of methoxy groups -OCH3 is 2. The van der Waals surface area contributed by atoms with Gasteiger partial charge in [-0.05, 0) is 116 Å². The number of carbonyl (C=O) groups is 1. The molecule has 1 aromatic heterocycles. The summed E-state index contributed by atoms with van der Waals surface area (Å²) >= 11 is 0. The van der Waals surface area contributed by atoms with Crippen LogP contribution in [0.2, 0.25) is 0 Å². The highest BCUT2D eigenvalue weighted by Crippen LogP contribution is 2.44. The van der Waals surface area contributed by atoms with Gasteiger partial charge in [-0.2, -0.15) is 4.57 Å². The third-order valence-corrected chi connectivity index (χ3v) is 10.7. The molecule has 9 nitrogen and oxygen atoms in total. The molecule has 0 saturated heterocycles. The van der Waals surface area contributed by atoms with Gasteiger partial charge in [-0.3, -0.25) is 4.79 Å². The van der Waals surface area contributed by atoms with Crippen LogP contribution < -0.4 is 50.0 Å². The SMILES string of the molecule is C=CCc1ccc(OCCC)c(-c2ccc(OCCCCCCOC(=O)Cc3c4[n+](cc5c(OC)c(OC)ccc35)CCc3cc5c(cc3-4)OCO5)c(CC=C)c2)c1.[Br-]. The van der Waals surface area contributed by atoms with Gasteiger partial charge in [0, 0.05) is 22.9 Å². The Bertz CT molecular complexity index is 2300. The summed E-state index contributed by atoms with van der Waals surface area (Å²) in [5, 5.41) is 1.80. The Morgan fingerprint density at radius 2 is 1.53 bits per heavy atom. The number of rotatable bonds is 20. The van der Waals surface area contributed by atoms with Crippen LogP contribution in [0.5, 0.6) is 34.5 Å². The van der Waals surface area contributed by atoms with Crippen molar-refractivity contribution in [3.63, 3.8) is 0 Å². The molecule has 0 fully saturated rings. The molecule has 0 amide bonds. The summed E-state index contributed by atoms with van der Waals surface area (Å²) in [6, 6.07) is 20.7. The van der Waals surface area contributed by atoms with Crippen LogP contribution in [0.4, 0.5) is 0 Å². The molecule has 0 bridgehead atoms. The van der Waals surface area contributed by atoms with E-state index in [4.69, 9.17) is 33.2 Å². The van der Waals surface area contributed by atoms with Crippen molar-refractivity contribution in [2.75, 3.05) is 40.8 Å². The van der Waals surface area contributed by atoms with Crippen LogP contribution in [0, 0.1) is 0 Å². The maximum atomic E-state index is 13.6. The number of carbonyl (C=O) groups excluding carboxylic acids is 1. The van der Waals surface area contributed by atoms with Crippen molar-refractivity contribution in [2.24, 2.45) is 0 Å². The largest absolute Gasteiger partial charge is 1.00 e. The minimum absolute atomic E-state index is 0. The number of aryl methyl sites for hydroxylation is 2. The summed E-state index contributed by atoms with van der Waals surface area (Å²) in [5.74, 6) is 4.22. The first-order valence-electron chi connectivity index (χ1n) is 20.4. The molecule has 0 radical (unpaired) electrons. The fourth-order valence-electron chi connectivity index (χ4n) is 7.95. The number of esters is 1. The van der Waals surface area contributed by atoms with Gasteiger partial charge in [0.15, 0.2) is 35.7 Å². The normalized spacial score (nSPS) is 12.2. The van der Waals surface area contributed by atoms with Crippen molar-refractivity contribution < 1.29 is 59.5 Å². The van der Waals surface area contributed by atoms with Gasteiger partial charge in [0.2, 0.25) is 12.5 Å². The third kappa shape index (κ3) is 9.71. The van der Waals surface area contributed by atoms with E-state index in [-0.39, 0.29) is 36.2 Å². The summed E-state index contributed by atoms with van der Waals surface area (Å²) in [5.41, 5.74) is 8.50. The maximum Gasteiger partial charge on any atom is 0.310 e. The lowest BCUT2D eigenvalue weighted by molar-refractivity contribution is -0.686. The number of benzene rings is 4. The number of aromatic nitrogens is 1. The molecule has 3 heterocycles. The number of unbranched alkanes of at least 4 members (excludes halogenated alkanes) is 3. The molecule has 0 aliphatic carbocycles. The Balaban J connectivity index is 0.00000585. The van der Waals surface area contributed by atoms with Gasteiger partial charge in [0.25, 0.3) is 0 Å². The van der Waals surface area contributed by atoms with Gasteiger partial charge in [0.05, 0.1) is 51.4 Å². The third-order valence-electron chi connectivity index (χ3n) is 10.7. The molecule has 5 aromatic rings. The molecule has 0 atom stereocenters. The van der Waals surface area contributed by atoms with Crippen LogP contribution in [0.25, 0.3) is 33.2 Å². The average molecular weight is 865 g/mol. The molecule has 7 rings (SSSR count). The number of pyridine rings is 1. The first-order chi connectivity index (χ1) is 28.5. The van der Waals surface area contributed by atoms with Crippen LogP contribution in [0.1, 0.15) is 61.3 Å². The number of halogens is 1. The fraction of sp³-hybridized carbons (Fsp3) is 0.347. The zero-order valence-electron chi connectivity index (χ0n) is 34.4. The Hall–Kier alpha value is -5.48. The Morgan fingerprint density at radius 3 is 2.29 bits per heavy atom. The Morgan fingerprint density at radius 1 is 0.780 bits per heavy atom. The molecule has 0 spiro atoms. The second-order valence-electron chi connectivity index (χ2n) is 14.7. The molecule has 2 aliphatic heterocycles. The second kappa shape index (κ2) is 20.5. The van der Waals surface area contributed by atoms with E-state index in [0.29, 0.717) is 43.5 Å². The van der Waals surface area contributed by atoms with E-state index in [1.54, 1.807) is 14.2 Å². The van der Waals surface area contributed by atoms with E-state index < -0.39 is 0 Å². The smallest absolute Gasteiger partial charge is 0.310 e. The molecule has 2 aliphatic rings. The summed E-state index contributed by atoms with van der Waals surface area (Å²) in [7, 11) is 3.27. The van der Waals surface area contributed by atoms with Gasteiger partial charge < -0.3 is 50.1 Å². The van der Waals surface area contributed by atoms with Crippen molar-refractivity contribution in [3.8, 4) is 56.9 Å². The molecule has 4 aromatic carbocycles. The number of fused-ring (bicyclic) bond motifs is 5. The first kappa shape index (κ1) is 43.1. The minimum atomic E-state index is -0.268. The second-order valence-corrected chi connectivity index (χ2v) is 14.7. The van der Waals surface area contributed by atoms with Crippen molar-refractivity contribution >= 4 is 16.7 Å². The summed E-state index contributed by atoms with van der Waals surface area (Å²) in [6.45, 7) is 12.6. The summed E-state index contributed by atoms with van der Waals surface area (Å²) in [6.07, 6.45) is 12.8. The highest BCUT2D eigenvalue weighted by atomic mass is 79.9. The molecule has 310 valence electrons. The molecule has 59 heavy (non-hydrogen) atoms. The van der Waals surface area contributed by atoms with Crippen molar-refractivity contribution in [2.45, 2.75) is 71.3 Å². The number of hydrogen-bond donors (Lipinski definition) is 0. The molecule has 10 heteroatoms. The predicted octanol–water partition coefficient (Wildman–Crippen LogP) is 6.74. The van der Waals surface area contributed by atoms with Crippen LogP contribution in [-0.4, -0.2) is 46.8 Å². The molecular weight excluding hydrogens is 810 g/mol. The fourth-order valence-corrected chi connectivity index (χ4v) is 7.95. The Labute approximate surface area is 358 Å². The van der Waals surface area contributed by atoms with Crippen molar-refractivity contribution in [1.82, 2.24) is 0 Å². The van der Waals surface area contributed by atoms with Gasteiger partial charge in [-0.1, -0.05) is 31.2 Å². The zero-order chi connectivity index (χ0) is 40.4. The Kier molecular flexibility index (Phi) is 15.0. The van der Waals surface area contributed by atoms with Crippen molar-refractivity contribution in [1.29, 1.82) is 0 Å². The van der Waals surface area contributed by atoms with Gasteiger partial charge >= 0.3 is 5.97 Å². The average Bonchev–Trinajstić information content (AvgIpc) is 3.70. The molecular formula is C49H54BrNO8. The highest BCUT2D eigenvalue weighted by molar-refractivity contribution is 5.97. The van der Waals surface area contributed by atoms with Gasteiger partial charge in [0.1, 0.15) is 11.5 Å². The van der Waals surface area contributed by atoms with E-state index in [1.807, 2.05) is 30.4 Å². The minimum Gasteiger partial charge on any atom is -1.00 e. The van der Waals surface area contributed by atoms with E-state index in [2.05, 4.69) is 73.3 Å². The van der Waals surface area contributed by atoms with E-state index >= 15 is 0 Å². The summed E-state index contributed by atoms with van der Waals surface area (Å²) < 4.78 is 43.4. The van der Waals surface area contributed by atoms with Crippen LogP contribution in [-0.2, 0) is 41.8 Å². The highest BCUT2D eigenvalue weighted by Gasteiger charge is 2.33. The molecule has 0 unspecified atom stereocenters. The van der Waals surface area contributed by atoms with Crippen molar-refractivity contribution in [3.05, 3.63) is 114 Å². The zero-order valence-corrected chi connectivity index (χ0v) is 36.0. The predicted molar refractivity (Wildman–Crippen MR) is 227 cm³/mol. The molecule has 0 N–H and O–H groups in total. The van der Waals surface area contributed by atoms with E-state index in [0.717, 1.165) is 119 Å².